The highest BCUT2D eigenvalue weighted by atomic mass is 19.1. The number of carbonyl (C=O) groups is 3. The van der Waals surface area contributed by atoms with Crippen molar-refractivity contribution >= 4 is 34.9 Å². The molecule has 2 heterocycles. The van der Waals surface area contributed by atoms with E-state index in [-0.39, 0.29) is 24.1 Å². The normalized spacial score (nSPS) is 15.1. The minimum absolute atomic E-state index is 0.0627. The molecule has 3 aromatic rings. The number of aromatic nitrogens is 2. The largest absolute Gasteiger partial charge is 0.326 e. The summed E-state index contributed by atoms with van der Waals surface area (Å²) >= 11 is 0. The molecule has 1 aliphatic rings. The number of hydrogen-bond acceptors (Lipinski definition) is 4. The molecule has 158 valence electrons. The second-order valence-corrected chi connectivity index (χ2v) is 7.29. The first-order valence-electron chi connectivity index (χ1n) is 9.65. The smallest absolute Gasteiger partial charge is 0.249 e. The Labute approximate surface area is 177 Å². The van der Waals surface area contributed by atoms with Gasteiger partial charge in [-0.1, -0.05) is 0 Å². The van der Waals surface area contributed by atoms with E-state index in [2.05, 4.69) is 21.0 Å². The van der Waals surface area contributed by atoms with Crippen LogP contribution in [0, 0.1) is 12.7 Å². The molecule has 9 heteroatoms. The number of nitrogens with one attached hydrogen (secondary N) is 3. The Bertz CT molecular complexity index is 1170. The molecule has 1 aliphatic heterocycles. The molecule has 0 saturated heterocycles. The van der Waals surface area contributed by atoms with Crippen LogP contribution in [0.25, 0.3) is 11.3 Å². The molecule has 8 nitrogen and oxygen atoms in total. The minimum Gasteiger partial charge on any atom is -0.326 e. The summed E-state index contributed by atoms with van der Waals surface area (Å²) < 4.78 is 14.8. The molecule has 0 aliphatic carbocycles. The third kappa shape index (κ3) is 4.16. The lowest BCUT2D eigenvalue weighted by molar-refractivity contribution is -0.125. The average molecular weight is 421 g/mol. The summed E-state index contributed by atoms with van der Waals surface area (Å²) in [7, 11) is 0. The van der Waals surface area contributed by atoms with E-state index < -0.39 is 11.9 Å². The van der Waals surface area contributed by atoms with Crippen molar-refractivity contribution in [2.24, 2.45) is 0 Å². The molecule has 1 atom stereocenters. The van der Waals surface area contributed by atoms with E-state index in [0.717, 1.165) is 0 Å². The van der Waals surface area contributed by atoms with E-state index in [1.165, 1.54) is 23.7 Å². The molecule has 3 N–H and O–H groups in total. The summed E-state index contributed by atoms with van der Waals surface area (Å²) in [6.45, 7) is 3.20. The van der Waals surface area contributed by atoms with Gasteiger partial charge in [0.05, 0.1) is 12.1 Å². The van der Waals surface area contributed by atoms with Crippen molar-refractivity contribution in [1.29, 1.82) is 0 Å². The number of halogens is 1. The van der Waals surface area contributed by atoms with Gasteiger partial charge in [-0.2, -0.15) is 5.10 Å². The van der Waals surface area contributed by atoms with Crippen LogP contribution in [0.5, 0.6) is 0 Å². The molecule has 0 radical (unpaired) electrons. The molecule has 0 saturated carbocycles. The van der Waals surface area contributed by atoms with Crippen LogP contribution in [-0.4, -0.2) is 27.5 Å². The van der Waals surface area contributed by atoms with Crippen molar-refractivity contribution in [3.63, 3.8) is 0 Å². The third-order valence-electron chi connectivity index (χ3n) is 4.97. The number of fused-ring (bicyclic) bond motifs is 1. The zero-order valence-electron chi connectivity index (χ0n) is 16.9. The standard InChI is InChI=1S/C22H20FN5O3/c1-12-20(14-3-5-15(23)6-4-14)27-28-18(11-19(30)26-21(12)28)22(31)25-17-9-7-16(8-10-17)24-13(2)29/h3-10,18H,11H2,1-2H3,(H,24,29)(H,25,31)(H,26,30)/t18-/m0/s1. The zero-order chi connectivity index (χ0) is 22.1. The molecule has 3 amide bonds. The molecule has 0 fully saturated rings. The summed E-state index contributed by atoms with van der Waals surface area (Å²) in [5.74, 6) is -0.792. The number of anilines is 3. The Balaban J connectivity index is 1.60. The predicted octanol–water partition coefficient (Wildman–Crippen LogP) is 3.48. The summed E-state index contributed by atoms with van der Waals surface area (Å²) in [5.41, 5.74) is 3.07. The van der Waals surface area contributed by atoms with Crippen molar-refractivity contribution in [2.45, 2.75) is 26.3 Å². The number of nitrogens with zero attached hydrogens (tertiary/aromatic N) is 2. The Hall–Kier alpha value is -4.01. The van der Waals surface area contributed by atoms with E-state index >= 15 is 0 Å². The maximum absolute atomic E-state index is 13.3. The fraction of sp³-hybridized carbons (Fsp3) is 0.182. The Kier molecular flexibility index (Phi) is 5.24. The number of rotatable bonds is 4. The predicted molar refractivity (Wildman–Crippen MR) is 114 cm³/mol. The van der Waals surface area contributed by atoms with E-state index in [4.69, 9.17) is 0 Å². The van der Waals surface area contributed by atoms with Gasteiger partial charge in [-0.15, -0.1) is 0 Å². The molecule has 2 aromatic carbocycles. The lowest BCUT2D eigenvalue weighted by Gasteiger charge is -2.24. The van der Waals surface area contributed by atoms with E-state index in [0.29, 0.717) is 34.0 Å². The van der Waals surface area contributed by atoms with Gasteiger partial charge in [-0.25, -0.2) is 9.07 Å². The van der Waals surface area contributed by atoms with Crippen molar-refractivity contribution in [2.75, 3.05) is 16.0 Å². The van der Waals surface area contributed by atoms with Crippen LogP contribution in [-0.2, 0) is 14.4 Å². The number of hydrogen-bond donors (Lipinski definition) is 3. The van der Waals surface area contributed by atoms with Crippen LogP contribution < -0.4 is 16.0 Å². The van der Waals surface area contributed by atoms with Crippen molar-refractivity contribution in [3.8, 4) is 11.3 Å². The summed E-state index contributed by atoms with van der Waals surface area (Å²) in [6.07, 6.45) is -0.0627. The second-order valence-electron chi connectivity index (χ2n) is 7.29. The second kappa shape index (κ2) is 8.02. The first kappa shape index (κ1) is 20.3. The molecular formula is C22H20FN5O3. The van der Waals surface area contributed by atoms with Gasteiger partial charge in [0.1, 0.15) is 17.7 Å². The Morgan fingerprint density at radius 2 is 1.68 bits per heavy atom. The van der Waals surface area contributed by atoms with Crippen LogP contribution in [0.4, 0.5) is 21.6 Å². The average Bonchev–Trinajstić information content (AvgIpc) is 3.05. The van der Waals surface area contributed by atoms with Crippen LogP contribution >= 0.6 is 0 Å². The minimum atomic E-state index is -0.841. The van der Waals surface area contributed by atoms with Gasteiger partial charge in [0.15, 0.2) is 0 Å². The fourth-order valence-corrected chi connectivity index (χ4v) is 3.49. The van der Waals surface area contributed by atoms with Crippen molar-refractivity contribution in [3.05, 3.63) is 59.9 Å². The van der Waals surface area contributed by atoms with Gasteiger partial charge >= 0.3 is 0 Å². The van der Waals surface area contributed by atoms with Crippen LogP contribution in [0.3, 0.4) is 0 Å². The highest BCUT2D eigenvalue weighted by Gasteiger charge is 2.34. The first-order chi connectivity index (χ1) is 14.8. The van der Waals surface area contributed by atoms with Gasteiger partial charge in [-0.3, -0.25) is 14.4 Å². The van der Waals surface area contributed by atoms with E-state index in [9.17, 15) is 18.8 Å². The lowest BCUT2D eigenvalue weighted by atomic mass is 10.1. The van der Waals surface area contributed by atoms with Crippen LogP contribution in [0.1, 0.15) is 24.9 Å². The lowest BCUT2D eigenvalue weighted by Crippen LogP contribution is -2.35. The number of carbonyl (C=O) groups excluding carboxylic acids is 3. The maximum Gasteiger partial charge on any atom is 0.249 e. The van der Waals surface area contributed by atoms with Crippen molar-refractivity contribution in [1.82, 2.24) is 9.78 Å². The third-order valence-corrected chi connectivity index (χ3v) is 4.97. The van der Waals surface area contributed by atoms with Gasteiger partial charge in [0.25, 0.3) is 0 Å². The van der Waals surface area contributed by atoms with Gasteiger partial charge in [0.2, 0.25) is 17.7 Å². The quantitative estimate of drug-likeness (QED) is 0.600. The Morgan fingerprint density at radius 3 is 2.29 bits per heavy atom. The highest BCUT2D eigenvalue weighted by molar-refractivity contribution is 6.02. The Morgan fingerprint density at radius 1 is 1.06 bits per heavy atom. The topological polar surface area (TPSA) is 105 Å². The van der Waals surface area contributed by atoms with Gasteiger partial charge in [0, 0.05) is 29.4 Å². The van der Waals surface area contributed by atoms with Gasteiger partial charge < -0.3 is 16.0 Å². The van der Waals surface area contributed by atoms with Crippen molar-refractivity contribution < 1.29 is 18.8 Å². The fourth-order valence-electron chi connectivity index (χ4n) is 3.49. The molecular weight excluding hydrogens is 401 g/mol. The molecule has 31 heavy (non-hydrogen) atoms. The van der Waals surface area contributed by atoms with E-state index in [1.807, 2.05) is 0 Å². The SMILES string of the molecule is CC(=O)Nc1ccc(NC(=O)[C@@H]2CC(=O)Nc3c(C)c(-c4ccc(F)cc4)nn32)cc1. The summed E-state index contributed by atoms with van der Waals surface area (Å²) in [4.78, 5) is 36.4. The monoisotopic (exact) mass is 421 g/mol. The van der Waals surface area contributed by atoms with Crippen LogP contribution in [0.2, 0.25) is 0 Å². The highest BCUT2D eigenvalue weighted by Crippen LogP contribution is 2.34. The van der Waals surface area contributed by atoms with Gasteiger partial charge in [-0.05, 0) is 55.5 Å². The molecule has 4 rings (SSSR count). The molecule has 0 unspecified atom stereocenters. The summed E-state index contributed by atoms with van der Waals surface area (Å²) in [5, 5.41) is 12.8. The maximum atomic E-state index is 13.3. The van der Waals surface area contributed by atoms with Crippen LogP contribution in [0.15, 0.2) is 48.5 Å². The van der Waals surface area contributed by atoms with E-state index in [1.54, 1.807) is 43.3 Å². The first-order valence-corrected chi connectivity index (χ1v) is 9.65. The molecule has 0 spiro atoms. The summed E-state index contributed by atoms with van der Waals surface area (Å²) in [6, 6.07) is 11.7. The number of benzene rings is 2. The number of amides is 3. The molecule has 0 bridgehead atoms. The molecule has 1 aromatic heterocycles. The zero-order valence-corrected chi connectivity index (χ0v) is 16.9.